The largest absolute Gasteiger partial charge is 0.338 e. The zero-order chi connectivity index (χ0) is 8.81. The fraction of sp³-hybridized carbons (Fsp3) is 0.429. The van der Waals surface area contributed by atoms with E-state index in [1.165, 1.54) is 0 Å². The van der Waals surface area contributed by atoms with Gasteiger partial charge in [-0.1, -0.05) is 6.92 Å². The van der Waals surface area contributed by atoms with Crippen molar-refractivity contribution in [2.75, 3.05) is 11.9 Å². The first kappa shape index (κ1) is 8.58. The van der Waals surface area contributed by atoms with Gasteiger partial charge in [0.1, 0.15) is 5.82 Å². The van der Waals surface area contributed by atoms with Crippen molar-refractivity contribution in [3.63, 3.8) is 0 Å². The minimum absolute atomic E-state index is 0.207. The van der Waals surface area contributed by atoms with E-state index in [4.69, 9.17) is 0 Å². The van der Waals surface area contributed by atoms with Crippen molar-refractivity contribution in [2.24, 2.45) is 0 Å². The highest BCUT2D eigenvalue weighted by atomic mass is 16.2. The van der Waals surface area contributed by atoms with Gasteiger partial charge in [-0.3, -0.25) is 10.4 Å². The number of aromatic nitrogens is 2. The summed E-state index contributed by atoms with van der Waals surface area (Å²) in [6, 6.07) is 1.48. The lowest BCUT2D eigenvalue weighted by molar-refractivity contribution is 0.252. The number of rotatable bonds is 3. The van der Waals surface area contributed by atoms with Crippen molar-refractivity contribution < 1.29 is 4.79 Å². The van der Waals surface area contributed by atoms with E-state index in [2.05, 4.69) is 20.8 Å². The summed E-state index contributed by atoms with van der Waals surface area (Å²) in [6.45, 7) is 2.68. The van der Waals surface area contributed by atoms with Gasteiger partial charge in [0, 0.05) is 12.6 Å². The molecule has 0 saturated heterocycles. The predicted molar refractivity (Wildman–Crippen MR) is 45.9 cm³/mol. The molecule has 0 aromatic carbocycles. The molecule has 66 valence electrons. The molecule has 5 nitrogen and oxygen atoms in total. The number of hydrogen-bond donors (Lipinski definition) is 3. The van der Waals surface area contributed by atoms with Gasteiger partial charge in [0.05, 0.1) is 6.20 Å². The SMILES string of the molecule is CCCNC(=O)Nc1ccn[nH]1. The highest BCUT2D eigenvalue weighted by molar-refractivity contribution is 5.87. The molecule has 0 atom stereocenters. The number of carbonyl (C=O) groups is 1. The number of nitrogens with zero attached hydrogens (tertiary/aromatic N) is 1. The van der Waals surface area contributed by atoms with Gasteiger partial charge in [-0.15, -0.1) is 0 Å². The molecule has 0 radical (unpaired) electrons. The number of nitrogens with one attached hydrogen (secondary N) is 3. The molecule has 0 spiro atoms. The number of anilines is 1. The second kappa shape index (κ2) is 4.38. The number of carbonyl (C=O) groups excluding carboxylic acids is 1. The molecule has 12 heavy (non-hydrogen) atoms. The second-order valence-electron chi connectivity index (χ2n) is 2.35. The molecule has 0 aliphatic rings. The molecule has 1 rings (SSSR count). The van der Waals surface area contributed by atoms with Crippen LogP contribution in [0.2, 0.25) is 0 Å². The molecule has 0 aliphatic heterocycles. The molecular formula is C7H12N4O. The van der Waals surface area contributed by atoms with E-state index in [0.29, 0.717) is 12.4 Å². The second-order valence-corrected chi connectivity index (χ2v) is 2.35. The minimum Gasteiger partial charge on any atom is -0.338 e. The summed E-state index contributed by atoms with van der Waals surface area (Å²) in [4.78, 5) is 11.0. The van der Waals surface area contributed by atoms with Crippen LogP contribution in [0.15, 0.2) is 12.3 Å². The smallest absolute Gasteiger partial charge is 0.320 e. The summed E-state index contributed by atoms with van der Waals surface area (Å²) >= 11 is 0. The van der Waals surface area contributed by atoms with Crippen molar-refractivity contribution in [3.05, 3.63) is 12.3 Å². The number of aromatic amines is 1. The van der Waals surface area contributed by atoms with Crippen molar-refractivity contribution in [2.45, 2.75) is 13.3 Å². The highest BCUT2D eigenvalue weighted by Gasteiger charge is 1.99. The summed E-state index contributed by atoms with van der Waals surface area (Å²) in [6.07, 6.45) is 2.51. The maximum atomic E-state index is 11.0. The molecule has 0 saturated carbocycles. The Morgan fingerprint density at radius 3 is 3.17 bits per heavy atom. The Balaban J connectivity index is 2.27. The summed E-state index contributed by atoms with van der Waals surface area (Å²) < 4.78 is 0. The predicted octanol–water partition coefficient (Wildman–Crippen LogP) is 0.941. The molecule has 0 fully saturated rings. The van der Waals surface area contributed by atoms with Crippen LogP contribution in [-0.4, -0.2) is 22.8 Å². The van der Waals surface area contributed by atoms with Crippen LogP contribution in [0, 0.1) is 0 Å². The maximum Gasteiger partial charge on any atom is 0.320 e. The van der Waals surface area contributed by atoms with Crippen LogP contribution in [0.5, 0.6) is 0 Å². The lowest BCUT2D eigenvalue weighted by Gasteiger charge is -2.02. The van der Waals surface area contributed by atoms with Gasteiger partial charge < -0.3 is 5.32 Å². The van der Waals surface area contributed by atoms with Crippen molar-refractivity contribution in [1.82, 2.24) is 15.5 Å². The van der Waals surface area contributed by atoms with Crippen LogP contribution in [0.1, 0.15) is 13.3 Å². The third-order valence-corrected chi connectivity index (χ3v) is 1.28. The van der Waals surface area contributed by atoms with E-state index in [-0.39, 0.29) is 6.03 Å². The monoisotopic (exact) mass is 168 g/mol. The summed E-state index contributed by atoms with van der Waals surface area (Å²) in [5.41, 5.74) is 0. The Kier molecular flexibility index (Phi) is 3.13. The van der Waals surface area contributed by atoms with E-state index in [9.17, 15) is 4.79 Å². The lowest BCUT2D eigenvalue weighted by Crippen LogP contribution is -2.29. The maximum absolute atomic E-state index is 11.0. The summed E-state index contributed by atoms with van der Waals surface area (Å²) in [7, 11) is 0. The first-order valence-electron chi connectivity index (χ1n) is 3.87. The standard InChI is InChI=1S/C7H12N4O/c1-2-4-8-7(12)10-6-3-5-9-11-6/h3,5H,2,4H2,1H3,(H3,8,9,10,11,12). The normalized spacial score (nSPS) is 9.42. The van der Waals surface area contributed by atoms with Gasteiger partial charge in [0.25, 0.3) is 0 Å². The Bertz CT molecular complexity index is 232. The minimum atomic E-state index is -0.207. The molecule has 1 aromatic rings. The Morgan fingerprint density at radius 1 is 1.75 bits per heavy atom. The third-order valence-electron chi connectivity index (χ3n) is 1.28. The van der Waals surface area contributed by atoms with Gasteiger partial charge in [0.2, 0.25) is 0 Å². The molecule has 5 heteroatoms. The van der Waals surface area contributed by atoms with Crippen molar-refractivity contribution >= 4 is 11.8 Å². The molecule has 1 heterocycles. The van der Waals surface area contributed by atoms with Gasteiger partial charge >= 0.3 is 6.03 Å². The first-order valence-corrected chi connectivity index (χ1v) is 3.87. The number of urea groups is 1. The number of hydrogen-bond acceptors (Lipinski definition) is 2. The summed E-state index contributed by atoms with van der Waals surface area (Å²) in [5.74, 6) is 0.601. The Morgan fingerprint density at radius 2 is 2.58 bits per heavy atom. The zero-order valence-corrected chi connectivity index (χ0v) is 6.92. The van der Waals surface area contributed by atoms with Crippen LogP contribution in [0.3, 0.4) is 0 Å². The topological polar surface area (TPSA) is 69.8 Å². The summed E-state index contributed by atoms with van der Waals surface area (Å²) in [5, 5.41) is 11.6. The first-order chi connectivity index (χ1) is 5.83. The van der Waals surface area contributed by atoms with Gasteiger partial charge in [0.15, 0.2) is 0 Å². The molecule has 0 aliphatic carbocycles. The third kappa shape index (κ3) is 2.61. The Labute approximate surface area is 70.5 Å². The molecule has 0 bridgehead atoms. The zero-order valence-electron chi connectivity index (χ0n) is 6.92. The number of amides is 2. The Hall–Kier alpha value is -1.52. The van der Waals surface area contributed by atoms with Gasteiger partial charge in [-0.2, -0.15) is 5.10 Å². The molecular weight excluding hydrogens is 156 g/mol. The van der Waals surface area contributed by atoms with E-state index in [0.717, 1.165) is 6.42 Å². The number of H-pyrrole nitrogens is 1. The fourth-order valence-corrected chi connectivity index (χ4v) is 0.731. The van der Waals surface area contributed by atoms with Crippen LogP contribution in [0.25, 0.3) is 0 Å². The molecule has 2 amide bonds. The lowest BCUT2D eigenvalue weighted by atomic mass is 10.5. The fourth-order valence-electron chi connectivity index (χ4n) is 0.731. The van der Waals surface area contributed by atoms with Crippen molar-refractivity contribution in [1.29, 1.82) is 0 Å². The van der Waals surface area contributed by atoms with Gasteiger partial charge in [-0.25, -0.2) is 4.79 Å². The van der Waals surface area contributed by atoms with E-state index >= 15 is 0 Å². The van der Waals surface area contributed by atoms with E-state index < -0.39 is 0 Å². The van der Waals surface area contributed by atoms with Crippen LogP contribution in [0.4, 0.5) is 10.6 Å². The van der Waals surface area contributed by atoms with Gasteiger partial charge in [-0.05, 0) is 6.42 Å². The molecule has 3 N–H and O–H groups in total. The molecule has 1 aromatic heterocycles. The van der Waals surface area contributed by atoms with Crippen LogP contribution < -0.4 is 10.6 Å². The average molecular weight is 168 g/mol. The average Bonchev–Trinajstić information content (AvgIpc) is 2.53. The van der Waals surface area contributed by atoms with E-state index in [1.807, 2.05) is 6.92 Å². The highest BCUT2D eigenvalue weighted by Crippen LogP contribution is 1.96. The van der Waals surface area contributed by atoms with E-state index in [1.54, 1.807) is 12.3 Å². The quantitative estimate of drug-likeness (QED) is 0.628. The van der Waals surface area contributed by atoms with Crippen LogP contribution in [-0.2, 0) is 0 Å². The molecule has 0 unspecified atom stereocenters. The van der Waals surface area contributed by atoms with Crippen LogP contribution >= 0.6 is 0 Å². The van der Waals surface area contributed by atoms with Crippen molar-refractivity contribution in [3.8, 4) is 0 Å².